The van der Waals surface area contributed by atoms with Crippen molar-refractivity contribution in [2.45, 2.75) is 12.1 Å². The number of carbonyl (C=O) groups is 1. The predicted molar refractivity (Wildman–Crippen MR) is 55.6 cm³/mol. The maximum absolute atomic E-state index is 10.6. The highest BCUT2D eigenvalue weighted by atomic mass is 16.4. The molecule has 0 fully saturated rings. The number of aliphatic carboxylic acids is 1. The lowest BCUT2D eigenvalue weighted by atomic mass is 9.99. The molecule has 0 saturated heterocycles. The van der Waals surface area contributed by atoms with Crippen LogP contribution in [-0.4, -0.2) is 32.4 Å². The molecule has 92 valence electrons. The third kappa shape index (κ3) is 2.26. The Kier molecular flexibility index (Phi) is 3.49. The summed E-state index contributed by atoms with van der Waals surface area (Å²) >= 11 is 0. The highest BCUT2D eigenvalue weighted by molar-refractivity contribution is 5.75. The number of hydrogen-bond donors (Lipinski definition) is 5. The third-order valence-corrected chi connectivity index (χ3v) is 2.22. The van der Waals surface area contributed by atoms with Crippen LogP contribution in [0.3, 0.4) is 0 Å². The Morgan fingerprint density at radius 2 is 1.82 bits per heavy atom. The maximum atomic E-state index is 10.6. The van der Waals surface area contributed by atoms with Crippen molar-refractivity contribution in [1.29, 1.82) is 0 Å². The molecule has 6 N–H and O–H groups in total. The van der Waals surface area contributed by atoms with Crippen LogP contribution in [0.1, 0.15) is 11.6 Å². The van der Waals surface area contributed by atoms with Crippen molar-refractivity contribution in [3.8, 4) is 17.2 Å². The predicted octanol–water partition coefficient (Wildman–Crippen LogP) is 0.0228. The smallest absolute Gasteiger partial charge is 0.323 e. The van der Waals surface area contributed by atoms with E-state index in [-0.39, 0.29) is 5.56 Å². The number of benzene rings is 1. The number of phenolic OH excluding ortho intramolecular Hbond substituents is 3. The fraction of sp³-hybridized carbons (Fsp3) is 0.222. The van der Waals surface area contributed by atoms with Gasteiger partial charge in [0, 0.05) is 5.56 Å². The minimum Gasteiger partial charge on any atom is -0.504 e. The zero-order valence-electron chi connectivity index (χ0n) is 8.44. The molecule has 8 heteroatoms. The Bertz CT molecular complexity index is 461. The largest absolute Gasteiger partial charge is 0.504 e. The van der Waals surface area contributed by atoms with Gasteiger partial charge in [-0.05, 0) is 12.1 Å². The molecule has 2 unspecified atom stereocenters. The van der Waals surface area contributed by atoms with E-state index in [9.17, 15) is 19.9 Å². The molecule has 0 heterocycles. The van der Waals surface area contributed by atoms with E-state index in [4.69, 9.17) is 15.9 Å². The molecular formula is C9H10N2O6. The zero-order valence-corrected chi connectivity index (χ0v) is 8.44. The fourth-order valence-electron chi connectivity index (χ4n) is 1.27. The lowest BCUT2D eigenvalue weighted by Gasteiger charge is -2.15. The van der Waals surface area contributed by atoms with Crippen LogP contribution in [0.5, 0.6) is 17.2 Å². The van der Waals surface area contributed by atoms with Crippen LogP contribution in [0.2, 0.25) is 0 Å². The molecule has 1 aromatic carbocycles. The number of hydrogen-bond acceptors (Lipinski definition) is 7. The minimum atomic E-state index is -1.66. The van der Waals surface area contributed by atoms with Crippen molar-refractivity contribution in [2.75, 3.05) is 0 Å². The van der Waals surface area contributed by atoms with Crippen LogP contribution in [0.15, 0.2) is 17.3 Å². The van der Waals surface area contributed by atoms with Gasteiger partial charge >= 0.3 is 5.97 Å². The first-order chi connectivity index (χ1) is 7.90. The van der Waals surface area contributed by atoms with Crippen molar-refractivity contribution < 1.29 is 25.2 Å². The number of nitroso groups, excluding NO2 is 1. The highest BCUT2D eigenvalue weighted by Gasteiger charge is 2.30. The van der Waals surface area contributed by atoms with Gasteiger partial charge in [-0.2, -0.15) is 4.91 Å². The zero-order chi connectivity index (χ0) is 13.2. The molecule has 0 aliphatic rings. The van der Waals surface area contributed by atoms with Crippen LogP contribution < -0.4 is 5.73 Å². The molecule has 0 aliphatic heterocycles. The minimum absolute atomic E-state index is 0.273. The van der Waals surface area contributed by atoms with Crippen LogP contribution in [0, 0.1) is 4.91 Å². The van der Waals surface area contributed by atoms with Gasteiger partial charge < -0.3 is 26.2 Å². The lowest BCUT2D eigenvalue weighted by Crippen LogP contribution is -2.35. The normalized spacial score (nSPS) is 13.9. The molecule has 1 rings (SSSR count). The van der Waals surface area contributed by atoms with Gasteiger partial charge in [0.05, 0.1) is 0 Å². The van der Waals surface area contributed by atoms with Crippen molar-refractivity contribution in [3.63, 3.8) is 0 Å². The first kappa shape index (κ1) is 12.7. The van der Waals surface area contributed by atoms with E-state index in [0.29, 0.717) is 0 Å². The van der Waals surface area contributed by atoms with Crippen LogP contribution in [0.4, 0.5) is 0 Å². The summed E-state index contributed by atoms with van der Waals surface area (Å²) < 4.78 is 0. The molecule has 0 bridgehead atoms. The number of rotatable bonds is 4. The number of nitrogens with zero attached hydrogens (tertiary/aromatic N) is 1. The Morgan fingerprint density at radius 3 is 2.29 bits per heavy atom. The third-order valence-electron chi connectivity index (χ3n) is 2.22. The summed E-state index contributed by atoms with van der Waals surface area (Å²) in [6.07, 6.45) is 0. The van der Waals surface area contributed by atoms with E-state index in [1.165, 1.54) is 0 Å². The van der Waals surface area contributed by atoms with Gasteiger partial charge in [0.2, 0.25) is 5.75 Å². The highest BCUT2D eigenvalue weighted by Crippen LogP contribution is 2.41. The van der Waals surface area contributed by atoms with Gasteiger partial charge in [-0.15, -0.1) is 0 Å². The standard InChI is InChI=1S/C9H10N2O6/c10-5(9(15)16)6(11-17)3-1-2-4(12)8(14)7(3)13/h1-2,5-6,12-14H,10H2,(H,15,16). The monoisotopic (exact) mass is 242 g/mol. The van der Waals surface area contributed by atoms with Crippen LogP contribution in [-0.2, 0) is 4.79 Å². The first-order valence-corrected chi connectivity index (χ1v) is 4.44. The van der Waals surface area contributed by atoms with Gasteiger partial charge in [0.1, 0.15) is 12.1 Å². The summed E-state index contributed by atoms with van der Waals surface area (Å²) in [7, 11) is 0. The number of nitrogens with two attached hydrogens (primary N) is 1. The Morgan fingerprint density at radius 1 is 1.24 bits per heavy atom. The average molecular weight is 242 g/mol. The number of carboxylic acid groups (broad SMARTS) is 1. The van der Waals surface area contributed by atoms with Gasteiger partial charge in [-0.25, -0.2) is 0 Å². The van der Waals surface area contributed by atoms with Gasteiger partial charge in [0.25, 0.3) is 0 Å². The van der Waals surface area contributed by atoms with Crippen molar-refractivity contribution in [1.82, 2.24) is 0 Å². The van der Waals surface area contributed by atoms with Gasteiger partial charge in [0.15, 0.2) is 11.5 Å². The molecule has 2 atom stereocenters. The van der Waals surface area contributed by atoms with Crippen LogP contribution >= 0.6 is 0 Å². The molecule has 8 nitrogen and oxygen atoms in total. The van der Waals surface area contributed by atoms with Crippen molar-refractivity contribution >= 4 is 5.97 Å². The van der Waals surface area contributed by atoms with E-state index in [1.807, 2.05) is 0 Å². The molecular weight excluding hydrogens is 232 g/mol. The summed E-state index contributed by atoms with van der Waals surface area (Å²) in [5, 5.41) is 38.9. The molecule has 0 amide bonds. The summed E-state index contributed by atoms with van der Waals surface area (Å²) in [6.45, 7) is 0. The quantitative estimate of drug-likeness (QED) is 0.368. The Hall–Kier alpha value is -2.35. The average Bonchev–Trinajstić information content (AvgIpc) is 2.29. The fourth-order valence-corrected chi connectivity index (χ4v) is 1.27. The van der Waals surface area contributed by atoms with E-state index in [1.54, 1.807) is 0 Å². The van der Waals surface area contributed by atoms with E-state index in [0.717, 1.165) is 12.1 Å². The molecule has 1 aromatic rings. The number of carboxylic acids is 1. The molecule has 0 radical (unpaired) electrons. The second-order valence-electron chi connectivity index (χ2n) is 3.29. The SMILES string of the molecule is NC(C(=O)O)C(N=O)c1ccc(O)c(O)c1O. The summed E-state index contributed by atoms with van der Waals surface area (Å²) in [5.41, 5.74) is 4.94. The lowest BCUT2D eigenvalue weighted by molar-refractivity contribution is -0.139. The summed E-state index contributed by atoms with van der Waals surface area (Å²) in [4.78, 5) is 21.2. The topological polar surface area (TPSA) is 153 Å². The van der Waals surface area contributed by atoms with Crippen molar-refractivity contribution in [3.05, 3.63) is 22.6 Å². The Balaban J connectivity index is 3.26. The molecule has 17 heavy (non-hydrogen) atoms. The molecule has 0 saturated carbocycles. The number of phenols is 3. The summed E-state index contributed by atoms with van der Waals surface area (Å²) in [5.74, 6) is -3.79. The van der Waals surface area contributed by atoms with Crippen LogP contribution in [0.25, 0.3) is 0 Å². The molecule has 0 spiro atoms. The maximum Gasteiger partial charge on any atom is 0.323 e. The van der Waals surface area contributed by atoms with E-state index in [2.05, 4.69) is 5.18 Å². The Labute approximate surface area is 94.9 Å². The van der Waals surface area contributed by atoms with Gasteiger partial charge in [-0.3, -0.25) is 4.79 Å². The second kappa shape index (κ2) is 4.66. The molecule has 0 aromatic heterocycles. The first-order valence-electron chi connectivity index (χ1n) is 4.44. The number of aromatic hydroxyl groups is 3. The molecule has 0 aliphatic carbocycles. The summed E-state index contributed by atoms with van der Waals surface area (Å²) in [6, 6.07) is -1.20. The second-order valence-corrected chi connectivity index (χ2v) is 3.29. The van der Waals surface area contributed by atoms with Crippen molar-refractivity contribution in [2.24, 2.45) is 10.9 Å². The van der Waals surface area contributed by atoms with Gasteiger partial charge in [-0.1, -0.05) is 5.18 Å². The van der Waals surface area contributed by atoms with E-state index < -0.39 is 35.3 Å². The van der Waals surface area contributed by atoms with E-state index >= 15 is 0 Å².